The van der Waals surface area contributed by atoms with Crippen molar-refractivity contribution in [3.05, 3.63) is 123 Å². The van der Waals surface area contributed by atoms with Gasteiger partial charge in [0.05, 0.1) is 38.5 Å². The Morgan fingerprint density at radius 1 is 1.12 bits per heavy atom. The highest BCUT2D eigenvalue weighted by molar-refractivity contribution is 9.11. The first kappa shape index (κ1) is 29.9. The topological polar surface area (TPSA) is 79.1 Å². The fraction of sp³-hybridized carbons (Fsp3) is 0.194. The molecule has 0 radical (unpaired) electrons. The van der Waals surface area contributed by atoms with E-state index in [0.29, 0.717) is 52.2 Å². The monoisotopic (exact) mass is 714 g/mol. The Hall–Kier alpha value is -3.54. The fourth-order valence-corrected chi connectivity index (χ4v) is 7.19. The Bertz CT molecular complexity index is 1880. The van der Waals surface area contributed by atoms with Crippen LogP contribution in [-0.4, -0.2) is 24.3 Å². The first-order valence-corrected chi connectivity index (χ1v) is 15.3. The molecule has 0 N–H and O–H groups in total. The number of fused-ring (bicyclic) bond motifs is 1. The zero-order valence-corrected chi connectivity index (χ0v) is 26.8. The summed E-state index contributed by atoms with van der Waals surface area (Å²) in [4.78, 5) is 32.2. The first-order chi connectivity index (χ1) is 20.2. The number of hydrogen-bond donors (Lipinski definition) is 0. The molecule has 1 aliphatic rings. The number of methoxy groups -OCH3 is 1. The van der Waals surface area contributed by atoms with E-state index in [0.717, 1.165) is 0 Å². The number of aromatic nitrogens is 1. The van der Waals surface area contributed by atoms with E-state index < -0.39 is 12.0 Å². The summed E-state index contributed by atoms with van der Waals surface area (Å²) >= 11 is 8.31. The summed E-state index contributed by atoms with van der Waals surface area (Å²) in [6.45, 7) is 3.70. The van der Waals surface area contributed by atoms with Crippen LogP contribution >= 0.6 is 43.2 Å². The van der Waals surface area contributed by atoms with Crippen molar-refractivity contribution in [2.24, 2.45) is 4.99 Å². The second kappa shape index (κ2) is 12.8. The van der Waals surface area contributed by atoms with Gasteiger partial charge in [-0.1, -0.05) is 47.7 Å². The maximum absolute atomic E-state index is 14.1. The largest absolute Gasteiger partial charge is 0.496 e. The zero-order valence-electron chi connectivity index (χ0n) is 22.8. The molecule has 0 aliphatic carbocycles. The molecule has 1 aromatic heterocycles. The minimum atomic E-state index is -0.786. The normalized spacial score (nSPS) is 14.8. The van der Waals surface area contributed by atoms with Gasteiger partial charge in [-0.15, -0.1) is 0 Å². The summed E-state index contributed by atoms with van der Waals surface area (Å²) in [6, 6.07) is 16.5. The number of carbonyl (C=O) groups is 1. The van der Waals surface area contributed by atoms with Gasteiger partial charge in [0.25, 0.3) is 5.56 Å². The number of rotatable bonds is 8. The van der Waals surface area contributed by atoms with Crippen LogP contribution in [0.5, 0.6) is 11.5 Å². The number of para-hydroxylation sites is 1. The number of allylic oxidation sites excluding steroid dienone is 1. The summed E-state index contributed by atoms with van der Waals surface area (Å²) in [5.41, 5.74) is 2.24. The van der Waals surface area contributed by atoms with Gasteiger partial charge in [0, 0.05) is 11.1 Å². The molecule has 1 aliphatic heterocycles. The standard InChI is InChI=1S/C31H25Br2FN2O5S/c1-4-40-30(38)26-17(2)35-31-36(27(26)20-10-6-8-12-24(20)39-3)29(37)25(42-31)15-18-13-21(32)28(22(33)14-18)41-16-19-9-5-7-11-23(19)34/h5-15,27H,4,16H2,1-3H3/b25-15+/t27-/m1/s1. The molecule has 216 valence electrons. The predicted molar refractivity (Wildman–Crippen MR) is 166 cm³/mol. The minimum absolute atomic E-state index is 0.0485. The second-order valence-corrected chi connectivity index (χ2v) is 12.0. The van der Waals surface area contributed by atoms with Gasteiger partial charge in [-0.3, -0.25) is 9.36 Å². The van der Waals surface area contributed by atoms with E-state index in [1.54, 1.807) is 51.3 Å². The number of ether oxygens (including phenoxy) is 3. The maximum atomic E-state index is 14.1. The Kier molecular flexibility index (Phi) is 9.10. The third kappa shape index (κ3) is 5.86. The summed E-state index contributed by atoms with van der Waals surface area (Å²) in [5, 5.41) is 0. The molecule has 3 aromatic carbocycles. The molecule has 0 saturated carbocycles. The number of hydrogen-bond acceptors (Lipinski definition) is 7. The van der Waals surface area contributed by atoms with E-state index in [2.05, 4.69) is 36.9 Å². The Morgan fingerprint density at radius 2 is 1.81 bits per heavy atom. The maximum Gasteiger partial charge on any atom is 0.338 e. The highest BCUT2D eigenvalue weighted by Crippen LogP contribution is 2.37. The lowest BCUT2D eigenvalue weighted by Crippen LogP contribution is -2.40. The lowest BCUT2D eigenvalue weighted by Gasteiger charge is -2.25. The van der Waals surface area contributed by atoms with Crippen LogP contribution in [0.4, 0.5) is 4.39 Å². The van der Waals surface area contributed by atoms with Gasteiger partial charge in [-0.25, -0.2) is 14.2 Å². The Morgan fingerprint density at radius 3 is 2.50 bits per heavy atom. The molecule has 11 heteroatoms. The minimum Gasteiger partial charge on any atom is -0.496 e. The SMILES string of the molecule is CCOC(=O)C1=C(C)N=c2s/c(=C/c3cc(Br)c(OCc4ccccc4F)c(Br)c3)c(=O)n2[C@@H]1c1ccccc1OC. The van der Waals surface area contributed by atoms with Crippen LogP contribution in [0, 0.1) is 5.82 Å². The van der Waals surface area contributed by atoms with Crippen molar-refractivity contribution in [2.45, 2.75) is 26.5 Å². The van der Waals surface area contributed by atoms with Gasteiger partial charge in [-0.05, 0) is 81.6 Å². The molecule has 4 aromatic rings. The second-order valence-electron chi connectivity index (χ2n) is 9.24. The highest BCUT2D eigenvalue weighted by atomic mass is 79.9. The third-order valence-corrected chi connectivity index (χ3v) is 8.76. The average Bonchev–Trinajstić information content (AvgIpc) is 3.26. The molecule has 0 amide bonds. The molecule has 7 nitrogen and oxygen atoms in total. The van der Waals surface area contributed by atoms with Gasteiger partial charge in [0.2, 0.25) is 0 Å². The number of carbonyl (C=O) groups excluding carboxylic acids is 1. The fourth-order valence-electron chi connectivity index (χ4n) is 4.70. The summed E-state index contributed by atoms with van der Waals surface area (Å²) < 4.78 is 34.1. The van der Waals surface area contributed by atoms with Crippen molar-refractivity contribution < 1.29 is 23.4 Å². The smallest absolute Gasteiger partial charge is 0.338 e. The lowest BCUT2D eigenvalue weighted by molar-refractivity contribution is -0.139. The zero-order chi connectivity index (χ0) is 30.0. The van der Waals surface area contributed by atoms with Crippen molar-refractivity contribution in [3.63, 3.8) is 0 Å². The number of esters is 1. The number of nitrogens with zero attached hydrogens (tertiary/aromatic N) is 2. The van der Waals surface area contributed by atoms with Crippen LogP contribution in [0.3, 0.4) is 0 Å². The Labute approximate surface area is 261 Å². The van der Waals surface area contributed by atoms with E-state index in [1.807, 2.05) is 30.3 Å². The number of halogens is 3. The summed E-state index contributed by atoms with van der Waals surface area (Å²) in [7, 11) is 1.54. The Balaban J connectivity index is 1.58. The first-order valence-electron chi connectivity index (χ1n) is 12.9. The quantitative estimate of drug-likeness (QED) is 0.208. The van der Waals surface area contributed by atoms with Gasteiger partial charge in [0.15, 0.2) is 4.80 Å². The van der Waals surface area contributed by atoms with Gasteiger partial charge < -0.3 is 14.2 Å². The van der Waals surface area contributed by atoms with Gasteiger partial charge in [0.1, 0.15) is 30.0 Å². The van der Waals surface area contributed by atoms with Crippen molar-refractivity contribution in [1.82, 2.24) is 4.57 Å². The van der Waals surface area contributed by atoms with Crippen LogP contribution < -0.4 is 24.4 Å². The molecule has 0 spiro atoms. The molecule has 1 atom stereocenters. The van der Waals surface area contributed by atoms with E-state index in [-0.39, 0.29) is 30.2 Å². The average molecular weight is 716 g/mol. The molecule has 0 bridgehead atoms. The molecule has 2 heterocycles. The van der Waals surface area contributed by atoms with Crippen LogP contribution in [0.1, 0.15) is 36.6 Å². The van der Waals surface area contributed by atoms with Crippen molar-refractivity contribution >= 4 is 55.2 Å². The molecular formula is C31H25Br2FN2O5S. The molecule has 42 heavy (non-hydrogen) atoms. The van der Waals surface area contributed by atoms with Crippen LogP contribution in [-0.2, 0) is 16.1 Å². The van der Waals surface area contributed by atoms with E-state index >= 15 is 0 Å². The van der Waals surface area contributed by atoms with E-state index in [9.17, 15) is 14.0 Å². The van der Waals surface area contributed by atoms with Gasteiger partial charge >= 0.3 is 5.97 Å². The molecule has 5 rings (SSSR count). The van der Waals surface area contributed by atoms with Crippen LogP contribution in [0.15, 0.2) is 90.7 Å². The van der Waals surface area contributed by atoms with E-state index in [1.165, 1.54) is 22.0 Å². The van der Waals surface area contributed by atoms with Crippen LogP contribution in [0.25, 0.3) is 6.08 Å². The molecule has 0 fully saturated rings. The van der Waals surface area contributed by atoms with E-state index in [4.69, 9.17) is 14.2 Å². The van der Waals surface area contributed by atoms with Crippen molar-refractivity contribution in [1.29, 1.82) is 0 Å². The third-order valence-electron chi connectivity index (χ3n) is 6.60. The summed E-state index contributed by atoms with van der Waals surface area (Å²) in [5.74, 6) is 0.155. The van der Waals surface area contributed by atoms with Crippen molar-refractivity contribution in [2.75, 3.05) is 13.7 Å². The predicted octanol–water partition coefficient (Wildman–Crippen LogP) is 6.05. The molecular weight excluding hydrogens is 691 g/mol. The lowest BCUT2D eigenvalue weighted by atomic mass is 9.95. The summed E-state index contributed by atoms with van der Waals surface area (Å²) in [6.07, 6.45) is 1.75. The number of thiazole rings is 1. The van der Waals surface area contributed by atoms with Crippen molar-refractivity contribution in [3.8, 4) is 11.5 Å². The highest BCUT2D eigenvalue weighted by Gasteiger charge is 2.35. The number of benzene rings is 3. The van der Waals surface area contributed by atoms with Crippen LogP contribution in [0.2, 0.25) is 0 Å². The van der Waals surface area contributed by atoms with Gasteiger partial charge in [-0.2, -0.15) is 0 Å². The molecule has 0 unspecified atom stereocenters. The molecule has 0 saturated heterocycles.